The lowest BCUT2D eigenvalue weighted by Crippen LogP contribution is -2.28. The van der Waals surface area contributed by atoms with Gasteiger partial charge in [0.05, 0.1) is 21.3 Å². The summed E-state index contributed by atoms with van der Waals surface area (Å²) in [5.41, 5.74) is 0.559. The molecule has 19 heavy (non-hydrogen) atoms. The molecule has 0 unspecified atom stereocenters. The average molecular weight is 275 g/mol. The third-order valence-corrected chi connectivity index (χ3v) is 2.39. The molecule has 0 fully saturated rings. The molecule has 0 heterocycles. The number of halogens is 2. The number of nitrogens with one attached hydrogen (secondary N) is 1. The van der Waals surface area contributed by atoms with Crippen LogP contribution in [0.1, 0.15) is 5.56 Å². The molecule has 7 heteroatoms. The fourth-order valence-corrected chi connectivity index (χ4v) is 1.50. The van der Waals surface area contributed by atoms with Crippen molar-refractivity contribution in [3.05, 3.63) is 17.7 Å². The van der Waals surface area contributed by atoms with Crippen molar-refractivity contribution in [2.45, 2.75) is 13.0 Å². The van der Waals surface area contributed by atoms with Gasteiger partial charge in [-0.25, -0.2) is 0 Å². The van der Waals surface area contributed by atoms with Crippen LogP contribution in [0.2, 0.25) is 0 Å². The first kappa shape index (κ1) is 15.0. The third-order valence-electron chi connectivity index (χ3n) is 2.39. The lowest BCUT2D eigenvalue weighted by atomic mass is 10.1. The quantitative estimate of drug-likeness (QED) is 0.856. The number of rotatable bonds is 6. The summed E-state index contributed by atoms with van der Waals surface area (Å²) in [4.78, 5) is 10.8. The molecule has 1 amide bonds. The summed E-state index contributed by atoms with van der Waals surface area (Å²) in [6.07, 6.45) is -3.04. The second-order valence-electron chi connectivity index (χ2n) is 3.55. The largest absolute Gasteiger partial charge is 0.493 e. The Morgan fingerprint density at radius 1 is 1.16 bits per heavy atom. The van der Waals surface area contributed by atoms with Crippen LogP contribution in [0.25, 0.3) is 0 Å². The highest BCUT2D eigenvalue weighted by Gasteiger charge is 2.16. The molecule has 1 aromatic carbocycles. The van der Waals surface area contributed by atoms with Crippen molar-refractivity contribution in [3.63, 3.8) is 0 Å². The number of amides is 1. The van der Waals surface area contributed by atoms with E-state index in [1.807, 2.05) is 0 Å². The molecular formula is C12H15F2NO4. The summed E-state index contributed by atoms with van der Waals surface area (Å²) in [5.74, 6) is -0.144. The van der Waals surface area contributed by atoms with Crippen LogP contribution >= 0.6 is 0 Å². The van der Waals surface area contributed by atoms with E-state index in [1.165, 1.54) is 21.3 Å². The predicted octanol–water partition coefficient (Wildman–Crippen LogP) is 1.59. The van der Waals surface area contributed by atoms with Crippen LogP contribution in [0.4, 0.5) is 8.78 Å². The molecule has 0 spiro atoms. The van der Waals surface area contributed by atoms with E-state index in [4.69, 9.17) is 14.2 Å². The van der Waals surface area contributed by atoms with Gasteiger partial charge >= 0.3 is 6.43 Å². The van der Waals surface area contributed by atoms with Crippen molar-refractivity contribution >= 4 is 5.91 Å². The van der Waals surface area contributed by atoms with E-state index in [0.717, 1.165) is 0 Å². The number of ether oxygens (including phenoxy) is 3. The highest BCUT2D eigenvalue weighted by Crippen LogP contribution is 2.38. The molecule has 1 rings (SSSR count). The van der Waals surface area contributed by atoms with Gasteiger partial charge in [0.2, 0.25) is 5.75 Å². The van der Waals surface area contributed by atoms with Gasteiger partial charge in [-0.1, -0.05) is 0 Å². The molecule has 0 aliphatic heterocycles. The number of hydrogen-bond acceptors (Lipinski definition) is 4. The molecule has 1 aromatic rings. The molecule has 0 aromatic heterocycles. The molecule has 0 radical (unpaired) electrons. The maximum atomic E-state index is 12.1. The zero-order chi connectivity index (χ0) is 14.4. The molecule has 0 saturated carbocycles. The van der Waals surface area contributed by atoms with Crippen LogP contribution in [0.15, 0.2) is 12.1 Å². The first-order chi connectivity index (χ1) is 9.03. The average Bonchev–Trinajstić information content (AvgIpc) is 2.42. The minimum atomic E-state index is -3.04. The Labute approximate surface area is 109 Å². The summed E-state index contributed by atoms with van der Waals surface area (Å²) in [7, 11) is 4.34. The van der Waals surface area contributed by atoms with Gasteiger partial charge < -0.3 is 19.5 Å². The Bertz CT molecular complexity index is 426. The van der Waals surface area contributed by atoms with Crippen molar-refractivity contribution in [3.8, 4) is 17.2 Å². The van der Waals surface area contributed by atoms with Crippen LogP contribution in [-0.4, -0.2) is 33.7 Å². The highest BCUT2D eigenvalue weighted by molar-refractivity contribution is 5.79. The maximum Gasteiger partial charge on any atom is 0.315 e. The van der Waals surface area contributed by atoms with Crippen molar-refractivity contribution in [1.29, 1.82) is 0 Å². The molecule has 5 nitrogen and oxygen atoms in total. The lowest BCUT2D eigenvalue weighted by Gasteiger charge is -2.14. The molecule has 0 aliphatic carbocycles. The van der Waals surface area contributed by atoms with E-state index in [0.29, 0.717) is 22.8 Å². The van der Waals surface area contributed by atoms with Crippen LogP contribution < -0.4 is 19.5 Å². The number of carbonyl (C=O) groups excluding carboxylic acids is 1. The predicted molar refractivity (Wildman–Crippen MR) is 63.9 cm³/mol. The highest BCUT2D eigenvalue weighted by atomic mass is 19.3. The van der Waals surface area contributed by atoms with Crippen LogP contribution in [0.3, 0.4) is 0 Å². The number of benzene rings is 1. The smallest absolute Gasteiger partial charge is 0.315 e. The molecule has 0 aliphatic rings. The van der Waals surface area contributed by atoms with Gasteiger partial charge in [0.25, 0.3) is 5.91 Å². The molecular weight excluding hydrogens is 260 g/mol. The van der Waals surface area contributed by atoms with Gasteiger partial charge in [0.15, 0.2) is 11.5 Å². The van der Waals surface area contributed by atoms with Gasteiger partial charge in [0.1, 0.15) is 0 Å². The fraction of sp³-hybridized carbons (Fsp3) is 0.417. The minimum absolute atomic E-state index is 0.0557. The van der Waals surface area contributed by atoms with Crippen LogP contribution in [0.5, 0.6) is 17.2 Å². The summed E-state index contributed by atoms with van der Waals surface area (Å²) in [6.45, 7) is -0.0557. The Morgan fingerprint density at radius 3 is 2.05 bits per heavy atom. The summed E-state index contributed by atoms with van der Waals surface area (Å²) in [6, 6.07) is 3.15. The van der Waals surface area contributed by atoms with Gasteiger partial charge in [0, 0.05) is 6.54 Å². The molecule has 1 N–H and O–H groups in total. The van der Waals surface area contributed by atoms with Gasteiger partial charge in [-0.15, -0.1) is 0 Å². The summed E-state index contributed by atoms with van der Waals surface area (Å²) in [5, 5.41) is 2.10. The fourth-order valence-electron chi connectivity index (χ4n) is 1.50. The van der Waals surface area contributed by atoms with E-state index in [-0.39, 0.29) is 6.54 Å². The Hall–Kier alpha value is -2.05. The molecule has 0 atom stereocenters. The molecule has 0 saturated heterocycles. The zero-order valence-electron chi connectivity index (χ0n) is 10.8. The SMILES string of the molecule is COc1cc(CNC(=O)C(F)F)cc(OC)c1OC. The maximum absolute atomic E-state index is 12.1. The molecule has 0 bridgehead atoms. The van der Waals surface area contributed by atoms with Crippen molar-refractivity contribution in [2.75, 3.05) is 21.3 Å². The second-order valence-corrected chi connectivity index (χ2v) is 3.55. The first-order valence-electron chi connectivity index (χ1n) is 5.38. The first-order valence-corrected chi connectivity index (χ1v) is 5.38. The van der Waals surface area contributed by atoms with Gasteiger partial charge in [-0.3, -0.25) is 4.79 Å². The Balaban J connectivity index is 2.93. The van der Waals surface area contributed by atoms with Crippen molar-refractivity contribution in [2.24, 2.45) is 0 Å². The standard InChI is InChI=1S/C12H15F2NO4/c1-17-8-4-7(6-15-12(16)11(13)14)5-9(18-2)10(8)19-3/h4-5,11H,6H2,1-3H3,(H,15,16). The van der Waals surface area contributed by atoms with Gasteiger partial charge in [-0.05, 0) is 17.7 Å². The third kappa shape index (κ3) is 3.70. The van der Waals surface area contributed by atoms with E-state index in [2.05, 4.69) is 5.32 Å². The minimum Gasteiger partial charge on any atom is -0.493 e. The monoisotopic (exact) mass is 275 g/mol. The van der Waals surface area contributed by atoms with E-state index >= 15 is 0 Å². The molecule has 106 valence electrons. The normalized spacial score (nSPS) is 10.2. The summed E-state index contributed by atoms with van der Waals surface area (Å²) < 4.78 is 39.5. The van der Waals surface area contributed by atoms with Crippen molar-refractivity contribution in [1.82, 2.24) is 5.32 Å². The van der Waals surface area contributed by atoms with E-state index in [9.17, 15) is 13.6 Å². The number of hydrogen-bond donors (Lipinski definition) is 1. The van der Waals surface area contributed by atoms with Crippen LogP contribution in [0, 0.1) is 0 Å². The van der Waals surface area contributed by atoms with Crippen LogP contribution in [-0.2, 0) is 11.3 Å². The lowest BCUT2D eigenvalue weighted by molar-refractivity contribution is -0.131. The zero-order valence-corrected chi connectivity index (χ0v) is 10.8. The number of methoxy groups -OCH3 is 3. The Morgan fingerprint density at radius 2 is 1.68 bits per heavy atom. The van der Waals surface area contributed by atoms with E-state index < -0.39 is 12.3 Å². The van der Waals surface area contributed by atoms with E-state index in [1.54, 1.807) is 12.1 Å². The second kappa shape index (κ2) is 6.77. The summed E-state index contributed by atoms with van der Waals surface area (Å²) >= 11 is 0. The Kier molecular flexibility index (Phi) is 5.35. The van der Waals surface area contributed by atoms with Crippen molar-refractivity contribution < 1.29 is 27.8 Å². The number of carbonyl (C=O) groups is 1. The number of alkyl halides is 2. The topological polar surface area (TPSA) is 56.8 Å². The van der Waals surface area contributed by atoms with Gasteiger partial charge in [-0.2, -0.15) is 8.78 Å².